The number of anilines is 1. The second kappa shape index (κ2) is 11.5. The maximum atomic E-state index is 13.0. The van der Waals surface area contributed by atoms with E-state index in [-0.39, 0.29) is 5.91 Å². The molecule has 2 aliphatic rings. The number of benzene rings is 1. The second-order valence-corrected chi connectivity index (χ2v) is 9.73. The Kier molecular flexibility index (Phi) is 7.67. The molecular formula is C29H33N7O. The van der Waals surface area contributed by atoms with Gasteiger partial charge >= 0.3 is 0 Å². The maximum absolute atomic E-state index is 13.0. The van der Waals surface area contributed by atoms with Crippen molar-refractivity contribution < 1.29 is 4.79 Å². The van der Waals surface area contributed by atoms with Crippen LogP contribution >= 0.6 is 0 Å². The van der Waals surface area contributed by atoms with Crippen LogP contribution in [0.15, 0.2) is 84.1 Å². The fraction of sp³-hybridized carbons (Fsp3) is 0.310. The minimum absolute atomic E-state index is 0.0916. The highest BCUT2D eigenvalue weighted by molar-refractivity contribution is 5.95. The zero-order valence-electron chi connectivity index (χ0n) is 21.4. The van der Waals surface area contributed by atoms with E-state index in [9.17, 15) is 4.79 Å². The van der Waals surface area contributed by atoms with E-state index in [2.05, 4.69) is 61.5 Å². The summed E-state index contributed by atoms with van der Waals surface area (Å²) < 4.78 is 0. The van der Waals surface area contributed by atoms with Crippen LogP contribution in [-0.2, 0) is 6.54 Å². The molecule has 0 spiro atoms. The predicted octanol–water partition coefficient (Wildman–Crippen LogP) is 4.08. The van der Waals surface area contributed by atoms with Crippen molar-refractivity contribution in [1.29, 1.82) is 0 Å². The summed E-state index contributed by atoms with van der Waals surface area (Å²) in [5.74, 6) is 0.418. The molecule has 0 unspecified atom stereocenters. The first kappa shape index (κ1) is 24.8. The number of carbonyl (C=O) groups excluding carboxylic acids is 1. The van der Waals surface area contributed by atoms with E-state index < -0.39 is 0 Å². The third-order valence-corrected chi connectivity index (χ3v) is 6.90. The van der Waals surface area contributed by atoms with Crippen molar-refractivity contribution in [3.63, 3.8) is 0 Å². The lowest BCUT2D eigenvalue weighted by Gasteiger charge is -2.32. The fourth-order valence-electron chi connectivity index (χ4n) is 4.53. The number of hydrogen-bond acceptors (Lipinski definition) is 7. The molecule has 0 bridgehead atoms. The van der Waals surface area contributed by atoms with E-state index in [1.165, 1.54) is 11.1 Å². The van der Waals surface area contributed by atoms with Gasteiger partial charge in [-0.05, 0) is 74.4 Å². The largest absolute Gasteiger partial charge is 0.326 e. The Morgan fingerprint density at radius 1 is 1.00 bits per heavy atom. The lowest BCUT2D eigenvalue weighted by atomic mass is 10.0. The number of pyridine rings is 1. The number of amides is 1. The summed E-state index contributed by atoms with van der Waals surface area (Å²) in [5, 5.41) is 6.43. The van der Waals surface area contributed by atoms with Gasteiger partial charge in [0.1, 0.15) is 0 Å². The van der Waals surface area contributed by atoms with Crippen LogP contribution in [0.1, 0.15) is 35.7 Å². The van der Waals surface area contributed by atoms with E-state index in [0.717, 1.165) is 68.2 Å². The molecule has 1 amide bonds. The van der Waals surface area contributed by atoms with Crippen molar-refractivity contribution in [2.24, 2.45) is 0 Å². The molecule has 2 N–H and O–H groups in total. The van der Waals surface area contributed by atoms with Crippen molar-refractivity contribution in [3.8, 4) is 11.3 Å². The van der Waals surface area contributed by atoms with E-state index in [1.807, 2.05) is 36.4 Å². The number of piperazine rings is 1. The van der Waals surface area contributed by atoms with Crippen molar-refractivity contribution >= 4 is 11.9 Å². The maximum Gasteiger partial charge on any atom is 0.255 e. The molecule has 1 aliphatic carbocycles. The molecule has 1 fully saturated rings. The molecule has 0 atom stereocenters. The lowest BCUT2D eigenvalue weighted by molar-refractivity contribution is 0.0964. The first-order valence-corrected chi connectivity index (χ1v) is 12.8. The zero-order valence-corrected chi connectivity index (χ0v) is 21.4. The SMILES string of the molecule is CC1=C(Nc2nccc(-c3cccnc3)n2)C=C(NC(=O)c2ccc(CN3CCN(C)CC3)cc2)CC1. The average Bonchev–Trinajstić information content (AvgIpc) is 2.93. The molecule has 8 heteroatoms. The average molecular weight is 496 g/mol. The first-order chi connectivity index (χ1) is 18.0. The van der Waals surface area contributed by atoms with Gasteiger partial charge in [0.2, 0.25) is 5.95 Å². The van der Waals surface area contributed by atoms with Crippen LogP contribution in [0.4, 0.5) is 5.95 Å². The molecule has 190 valence electrons. The molecule has 37 heavy (non-hydrogen) atoms. The van der Waals surface area contributed by atoms with E-state index in [0.29, 0.717) is 11.5 Å². The summed E-state index contributed by atoms with van der Waals surface area (Å²) in [6, 6.07) is 13.7. The number of rotatable bonds is 7. The number of nitrogens with one attached hydrogen (secondary N) is 2. The van der Waals surface area contributed by atoms with Gasteiger partial charge in [-0.2, -0.15) is 0 Å². The molecule has 2 aromatic heterocycles. The van der Waals surface area contributed by atoms with Gasteiger partial charge in [0, 0.05) is 73.8 Å². The number of nitrogens with zero attached hydrogens (tertiary/aromatic N) is 5. The van der Waals surface area contributed by atoms with Gasteiger partial charge in [0.25, 0.3) is 5.91 Å². The van der Waals surface area contributed by atoms with Crippen LogP contribution in [0.25, 0.3) is 11.3 Å². The Balaban J connectivity index is 1.21. The summed E-state index contributed by atoms with van der Waals surface area (Å²) in [5.41, 5.74) is 6.61. The molecule has 0 radical (unpaired) electrons. The van der Waals surface area contributed by atoms with Gasteiger partial charge < -0.3 is 15.5 Å². The molecule has 1 saturated heterocycles. The highest BCUT2D eigenvalue weighted by Gasteiger charge is 2.16. The van der Waals surface area contributed by atoms with Gasteiger partial charge in [-0.1, -0.05) is 12.1 Å². The minimum Gasteiger partial charge on any atom is -0.326 e. The summed E-state index contributed by atoms with van der Waals surface area (Å²) in [6.45, 7) is 7.36. The quantitative estimate of drug-likeness (QED) is 0.511. The number of hydrogen-bond donors (Lipinski definition) is 2. The topological polar surface area (TPSA) is 86.3 Å². The monoisotopic (exact) mass is 495 g/mol. The molecule has 3 heterocycles. The highest BCUT2D eigenvalue weighted by atomic mass is 16.1. The smallest absolute Gasteiger partial charge is 0.255 e. The van der Waals surface area contributed by atoms with Crippen LogP contribution in [0.3, 0.4) is 0 Å². The molecule has 3 aromatic rings. The third-order valence-electron chi connectivity index (χ3n) is 6.90. The van der Waals surface area contributed by atoms with E-state index in [4.69, 9.17) is 0 Å². The van der Waals surface area contributed by atoms with Gasteiger partial charge in [0.15, 0.2) is 0 Å². The van der Waals surface area contributed by atoms with Crippen molar-refractivity contribution in [2.75, 3.05) is 38.5 Å². The van der Waals surface area contributed by atoms with Gasteiger partial charge in [-0.15, -0.1) is 0 Å². The van der Waals surface area contributed by atoms with Gasteiger partial charge in [-0.3, -0.25) is 14.7 Å². The number of allylic oxidation sites excluding steroid dienone is 3. The second-order valence-electron chi connectivity index (χ2n) is 9.73. The summed E-state index contributed by atoms with van der Waals surface area (Å²) >= 11 is 0. The van der Waals surface area contributed by atoms with Crippen LogP contribution < -0.4 is 10.6 Å². The molecule has 0 saturated carbocycles. The fourth-order valence-corrected chi connectivity index (χ4v) is 4.53. The normalized spacial score (nSPS) is 16.9. The number of likely N-dealkylation sites (N-methyl/N-ethyl adjacent to an activating group) is 1. The van der Waals surface area contributed by atoms with Gasteiger partial charge in [0.05, 0.1) is 5.69 Å². The third kappa shape index (κ3) is 6.47. The first-order valence-electron chi connectivity index (χ1n) is 12.8. The summed E-state index contributed by atoms with van der Waals surface area (Å²) in [6.07, 6.45) is 8.86. The Hall–Kier alpha value is -3.88. The van der Waals surface area contributed by atoms with Crippen LogP contribution in [0, 0.1) is 0 Å². The Morgan fingerprint density at radius 2 is 1.81 bits per heavy atom. The zero-order chi connectivity index (χ0) is 25.6. The standard InChI is InChI=1S/C29H33N7O/c1-21-5-10-25(18-27(21)34-29-31-13-11-26(33-29)24-4-3-12-30-19-24)32-28(37)23-8-6-22(7-9-23)20-36-16-14-35(2)15-17-36/h3-4,6-9,11-13,18-19H,5,10,14-17,20H2,1-2H3,(H,32,37)(H,31,33,34). The van der Waals surface area contributed by atoms with Gasteiger partial charge in [-0.25, -0.2) is 9.97 Å². The van der Waals surface area contributed by atoms with Crippen molar-refractivity contribution in [1.82, 2.24) is 30.1 Å². The van der Waals surface area contributed by atoms with Crippen LogP contribution in [0.5, 0.6) is 0 Å². The van der Waals surface area contributed by atoms with Crippen molar-refractivity contribution in [2.45, 2.75) is 26.3 Å². The molecule has 8 nitrogen and oxygen atoms in total. The predicted molar refractivity (Wildman–Crippen MR) is 146 cm³/mol. The highest BCUT2D eigenvalue weighted by Crippen LogP contribution is 2.24. The Morgan fingerprint density at radius 3 is 2.57 bits per heavy atom. The van der Waals surface area contributed by atoms with E-state index in [1.54, 1.807) is 18.6 Å². The number of aromatic nitrogens is 3. The Labute approximate surface area is 218 Å². The molecule has 1 aliphatic heterocycles. The number of carbonyl (C=O) groups is 1. The van der Waals surface area contributed by atoms with Crippen LogP contribution in [0.2, 0.25) is 0 Å². The summed E-state index contributed by atoms with van der Waals surface area (Å²) in [7, 11) is 2.16. The summed E-state index contributed by atoms with van der Waals surface area (Å²) in [4.78, 5) is 31.0. The lowest BCUT2D eigenvalue weighted by Crippen LogP contribution is -2.43. The van der Waals surface area contributed by atoms with Crippen LogP contribution in [-0.4, -0.2) is 63.9 Å². The van der Waals surface area contributed by atoms with E-state index >= 15 is 0 Å². The molecule has 1 aromatic carbocycles. The molecular weight excluding hydrogens is 462 g/mol. The molecule has 5 rings (SSSR count). The minimum atomic E-state index is -0.0916. The Bertz CT molecular complexity index is 1290. The van der Waals surface area contributed by atoms with Crippen molar-refractivity contribution in [3.05, 3.63) is 95.2 Å².